The quantitative estimate of drug-likeness (QED) is 0.738. The normalized spacial score (nSPS) is 19.7. The summed E-state index contributed by atoms with van der Waals surface area (Å²) in [5, 5.41) is 11.5. The Balaban J connectivity index is 1.39. The number of fused-ring (bicyclic) bond motifs is 3. The molecule has 2 N–H and O–H groups in total. The number of amides is 2. The van der Waals surface area contributed by atoms with Crippen LogP contribution < -0.4 is 5.32 Å². The molecule has 1 aliphatic heterocycles. The van der Waals surface area contributed by atoms with Crippen molar-refractivity contribution in [3.8, 4) is 11.1 Å². The molecule has 0 radical (unpaired) electrons. The Kier molecular flexibility index (Phi) is 5.58. The highest BCUT2D eigenvalue weighted by molar-refractivity contribution is 5.89. The van der Waals surface area contributed by atoms with Crippen LogP contribution in [0.1, 0.15) is 30.4 Å². The molecule has 1 unspecified atom stereocenters. The van der Waals surface area contributed by atoms with Crippen LogP contribution in [0.15, 0.2) is 48.5 Å². The number of benzene rings is 2. The molecule has 2 atom stereocenters. The van der Waals surface area contributed by atoms with Crippen molar-refractivity contribution in [2.75, 3.05) is 13.2 Å². The van der Waals surface area contributed by atoms with Gasteiger partial charge in [0.15, 0.2) is 0 Å². The van der Waals surface area contributed by atoms with Gasteiger partial charge in [-0.25, -0.2) is 18.4 Å². The molecule has 0 saturated carbocycles. The molecule has 1 saturated heterocycles. The second-order valence-corrected chi connectivity index (χ2v) is 8.07. The van der Waals surface area contributed by atoms with Crippen LogP contribution in [0, 0.1) is 0 Å². The summed E-state index contributed by atoms with van der Waals surface area (Å²) in [6.07, 6.45) is -1.84. The number of nitrogens with zero attached hydrogens (tertiary/aromatic N) is 1. The molecular weight excluding hydrogens is 422 g/mol. The predicted octanol–water partition coefficient (Wildman–Crippen LogP) is 3.23. The molecule has 2 amide bonds. The van der Waals surface area contributed by atoms with Crippen molar-refractivity contribution < 1.29 is 33.0 Å². The summed E-state index contributed by atoms with van der Waals surface area (Å²) in [6, 6.07) is 12.8. The first-order chi connectivity index (χ1) is 15.2. The van der Waals surface area contributed by atoms with Crippen molar-refractivity contribution in [3.63, 3.8) is 0 Å². The van der Waals surface area contributed by atoms with Gasteiger partial charge < -0.3 is 20.1 Å². The van der Waals surface area contributed by atoms with E-state index in [1.165, 1.54) is 6.92 Å². The topological polar surface area (TPSA) is 95.9 Å². The Labute approximate surface area is 183 Å². The smallest absolute Gasteiger partial charge is 0.407 e. The Morgan fingerprint density at radius 3 is 2.25 bits per heavy atom. The van der Waals surface area contributed by atoms with Gasteiger partial charge in [0.1, 0.15) is 18.7 Å². The number of nitrogens with one attached hydrogen (secondary N) is 1. The maximum Gasteiger partial charge on any atom is 0.407 e. The summed E-state index contributed by atoms with van der Waals surface area (Å²) in [5.41, 5.74) is 4.18. The Bertz CT molecular complexity index is 1030. The largest absolute Gasteiger partial charge is 0.480 e. The fraction of sp³-hybridized carbons (Fsp3) is 0.348. The number of carbonyl (C=O) groups is 3. The maximum atomic E-state index is 13.7. The summed E-state index contributed by atoms with van der Waals surface area (Å²) in [6.45, 7) is 0.332. The van der Waals surface area contributed by atoms with Crippen LogP contribution in [-0.2, 0) is 14.3 Å². The van der Waals surface area contributed by atoms with Crippen LogP contribution in [0.25, 0.3) is 11.1 Å². The zero-order chi connectivity index (χ0) is 23.0. The number of hydrogen-bond acceptors (Lipinski definition) is 4. The lowest BCUT2D eigenvalue weighted by atomic mass is 9.98. The minimum Gasteiger partial charge on any atom is -0.480 e. The monoisotopic (exact) mass is 444 g/mol. The molecular formula is C23H22F2N2O5. The molecule has 32 heavy (non-hydrogen) atoms. The summed E-state index contributed by atoms with van der Waals surface area (Å²) >= 11 is 0. The van der Waals surface area contributed by atoms with E-state index < -0.39 is 48.9 Å². The summed E-state index contributed by atoms with van der Waals surface area (Å²) in [5.74, 6) is -5.87. The molecule has 0 bridgehead atoms. The molecule has 1 heterocycles. The number of carbonyl (C=O) groups excluding carboxylic acids is 2. The fourth-order valence-electron chi connectivity index (χ4n) is 4.40. The van der Waals surface area contributed by atoms with E-state index in [1.807, 2.05) is 48.5 Å². The molecule has 2 aromatic rings. The lowest BCUT2D eigenvalue weighted by Gasteiger charge is -2.25. The predicted molar refractivity (Wildman–Crippen MR) is 110 cm³/mol. The molecule has 9 heteroatoms. The van der Waals surface area contributed by atoms with Crippen LogP contribution in [0.2, 0.25) is 0 Å². The van der Waals surface area contributed by atoms with E-state index in [2.05, 4.69) is 5.32 Å². The number of carboxylic acids is 1. The second-order valence-electron chi connectivity index (χ2n) is 8.07. The average Bonchev–Trinajstić information content (AvgIpc) is 3.26. The van der Waals surface area contributed by atoms with Crippen molar-refractivity contribution in [1.29, 1.82) is 0 Å². The van der Waals surface area contributed by atoms with Gasteiger partial charge >= 0.3 is 12.1 Å². The van der Waals surface area contributed by atoms with Gasteiger partial charge in [-0.3, -0.25) is 4.79 Å². The SMILES string of the molecule is C[C@@H](NC(=O)OCC1c2ccccc2-c2ccccc21)C(=O)N1CC(F)(F)CC1C(=O)O. The number of rotatable bonds is 5. The van der Waals surface area contributed by atoms with E-state index in [0.717, 1.165) is 22.3 Å². The summed E-state index contributed by atoms with van der Waals surface area (Å²) < 4.78 is 32.7. The molecule has 7 nitrogen and oxygen atoms in total. The van der Waals surface area contributed by atoms with E-state index >= 15 is 0 Å². The number of likely N-dealkylation sites (tertiary alicyclic amines) is 1. The van der Waals surface area contributed by atoms with E-state index in [-0.39, 0.29) is 12.5 Å². The van der Waals surface area contributed by atoms with Gasteiger partial charge in [-0.05, 0) is 29.2 Å². The van der Waals surface area contributed by atoms with E-state index in [1.54, 1.807) is 0 Å². The molecule has 2 aliphatic rings. The minimum atomic E-state index is -3.29. The second kappa shape index (κ2) is 8.22. The Morgan fingerprint density at radius 2 is 1.69 bits per heavy atom. The average molecular weight is 444 g/mol. The first-order valence-electron chi connectivity index (χ1n) is 10.2. The van der Waals surface area contributed by atoms with Crippen molar-refractivity contribution in [1.82, 2.24) is 10.2 Å². The first kappa shape index (κ1) is 21.7. The fourth-order valence-corrected chi connectivity index (χ4v) is 4.40. The summed E-state index contributed by atoms with van der Waals surface area (Å²) in [7, 11) is 0. The van der Waals surface area contributed by atoms with Gasteiger partial charge in [0.2, 0.25) is 5.91 Å². The molecule has 2 aromatic carbocycles. The van der Waals surface area contributed by atoms with Gasteiger partial charge in [0.25, 0.3) is 5.92 Å². The lowest BCUT2D eigenvalue weighted by Crippen LogP contribution is -2.50. The lowest BCUT2D eigenvalue weighted by molar-refractivity contribution is -0.148. The molecule has 0 spiro atoms. The van der Waals surface area contributed by atoms with E-state index in [9.17, 15) is 23.2 Å². The minimum absolute atomic E-state index is 0.0281. The van der Waals surface area contributed by atoms with Crippen LogP contribution in [0.3, 0.4) is 0 Å². The van der Waals surface area contributed by atoms with Crippen molar-refractivity contribution in [2.24, 2.45) is 0 Å². The molecule has 1 aliphatic carbocycles. The number of alkyl halides is 2. The van der Waals surface area contributed by atoms with E-state index in [0.29, 0.717) is 4.90 Å². The third-order valence-corrected chi connectivity index (χ3v) is 5.89. The highest BCUT2D eigenvalue weighted by Gasteiger charge is 2.50. The number of ether oxygens (including phenoxy) is 1. The number of hydrogen-bond donors (Lipinski definition) is 2. The van der Waals surface area contributed by atoms with Crippen LogP contribution in [0.5, 0.6) is 0 Å². The Hall–Kier alpha value is -3.49. The number of aliphatic carboxylic acids is 1. The van der Waals surface area contributed by atoms with Crippen LogP contribution in [0.4, 0.5) is 13.6 Å². The standard InChI is InChI=1S/C23H22F2N2O5/c1-13(20(28)27-12-23(24,25)10-19(27)21(29)30)26-22(31)32-11-18-16-8-4-2-6-14(16)15-7-3-5-9-17(15)18/h2-9,13,18-19H,10-12H2,1H3,(H,26,31)(H,29,30)/t13-,19?/m1/s1. The molecule has 168 valence electrons. The zero-order valence-electron chi connectivity index (χ0n) is 17.3. The highest BCUT2D eigenvalue weighted by atomic mass is 19.3. The number of carboxylic acid groups (broad SMARTS) is 1. The Morgan fingerprint density at radius 1 is 1.12 bits per heavy atom. The number of halogens is 2. The van der Waals surface area contributed by atoms with Crippen LogP contribution in [-0.4, -0.2) is 59.1 Å². The van der Waals surface area contributed by atoms with Gasteiger partial charge in [-0.15, -0.1) is 0 Å². The van der Waals surface area contributed by atoms with Gasteiger partial charge in [0, 0.05) is 12.3 Å². The van der Waals surface area contributed by atoms with Gasteiger partial charge in [-0.1, -0.05) is 48.5 Å². The zero-order valence-corrected chi connectivity index (χ0v) is 17.3. The van der Waals surface area contributed by atoms with Crippen molar-refractivity contribution in [3.05, 3.63) is 59.7 Å². The molecule has 4 rings (SSSR count). The number of alkyl carbamates (subject to hydrolysis) is 1. The summed E-state index contributed by atoms with van der Waals surface area (Å²) in [4.78, 5) is 36.7. The third kappa shape index (κ3) is 4.02. The molecule has 0 aromatic heterocycles. The maximum absolute atomic E-state index is 13.7. The first-order valence-corrected chi connectivity index (χ1v) is 10.2. The highest BCUT2D eigenvalue weighted by Crippen LogP contribution is 2.44. The van der Waals surface area contributed by atoms with Crippen molar-refractivity contribution >= 4 is 18.0 Å². The van der Waals surface area contributed by atoms with Gasteiger partial charge in [0.05, 0.1) is 6.54 Å². The molecule has 1 fully saturated rings. The van der Waals surface area contributed by atoms with E-state index in [4.69, 9.17) is 9.84 Å². The van der Waals surface area contributed by atoms with Crippen molar-refractivity contribution in [2.45, 2.75) is 37.3 Å². The van der Waals surface area contributed by atoms with Gasteiger partial charge in [-0.2, -0.15) is 0 Å². The third-order valence-electron chi connectivity index (χ3n) is 5.89. The van der Waals surface area contributed by atoms with Crippen LogP contribution >= 0.6 is 0 Å².